The maximum absolute atomic E-state index is 11.7. The third-order valence-electron chi connectivity index (χ3n) is 2.67. The SMILES string of the molecule is COc1ccc(CC(=O)N/N=C\c2ccc(C)o2)cc1. The van der Waals surface area contributed by atoms with Gasteiger partial charge in [0.05, 0.1) is 19.7 Å². The normalized spacial score (nSPS) is 10.7. The summed E-state index contributed by atoms with van der Waals surface area (Å²) >= 11 is 0. The first kappa shape index (κ1) is 13.9. The predicted molar refractivity (Wildman–Crippen MR) is 75.9 cm³/mol. The van der Waals surface area contributed by atoms with Crippen LogP contribution in [0, 0.1) is 6.92 Å². The molecular formula is C15H16N2O3. The molecule has 1 heterocycles. The Morgan fingerprint density at radius 1 is 1.30 bits per heavy atom. The number of furan rings is 1. The molecule has 2 aromatic rings. The number of hydrogen-bond acceptors (Lipinski definition) is 4. The van der Waals surface area contributed by atoms with Crippen LogP contribution in [0.4, 0.5) is 0 Å². The molecule has 104 valence electrons. The molecule has 0 aliphatic rings. The van der Waals surface area contributed by atoms with Crippen LogP contribution in [-0.2, 0) is 11.2 Å². The molecule has 1 aromatic heterocycles. The van der Waals surface area contributed by atoms with Crippen LogP contribution >= 0.6 is 0 Å². The minimum absolute atomic E-state index is 0.185. The smallest absolute Gasteiger partial charge is 0.244 e. The van der Waals surface area contributed by atoms with E-state index in [1.165, 1.54) is 6.21 Å². The Labute approximate surface area is 117 Å². The fourth-order valence-electron chi connectivity index (χ4n) is 1.66. The van der Waals surface area contributed by atoms with Gasteiger partial charge in [-0.1, -0.05) is 12.1 Å². The second kappa shape index (κ2) is 6.56. The number of carbonyl (C=O) groups excluding carboxylic acids is 1. The zero-order valence-electron chi connectivity index (χ0n) is 11.4. The van der Waals surface area contributed by atoms with Gasteiger partial charge in [-0.15, -0.1) is 0 Å². The van der Waals surface area contributed by atoms with Crippen molar-refractivity contribution in [2.24, 2.45) is 5.10 Å². The lowest BCUT2D eigenvalue weighted by Crippen LogP contribution is -2.19. The number of methoxy groups -OCH3 is 1. The van der Waals surface area contributed by atoms with Crippen LogP contribution in [0.1, 0.15) is 17.1 Å². The third kappa shape index (κ3) is 3.98. The standard InChI is InChI=1S/C15H16N2O3/c1-11-3-6-14(20-11)10-16-17-15(18)9-12-4-7-13(19-2)8-5-12/h3-8,10H,9H2,1-2H3,(H,17,18)/b16-10-. The van der Waals surface area contributed by atoms with Crippen molar-refractivity contribution in [2.45, 2.75) is 13.3 Å². The summed E-state index contributed by atoms with van der Waals surface area (Å²) in [6.07, 6.45) is 1.73. The quantitative estimate of drug-likeness (QED) is 0.671. The first-order chi connectivity index (χ1) is 9.67. The summed E-state index contributed by atoms with van der Waals surface area (Å²) in [5.41, 5.74) is 3.35. The van der Waals surface area contributed by atoms with Crippen LogP contribution in [0.5, 0.6) is 5.75 Å². The van der Waals surface area contributed by atoms with Crippen LogP contribution in [0.25, 0.3) is 0 Å². The third-order valence-corrected chi connectivity index (χ3v) is 2.67. The highest BCUT2D eigenvalue weighted by molar-refractivity contribution is 5.81. The lowest BCUT2D eigenvalue weighted by Gasteiger charge is -2.02. The van der Waals surface area contributed by atoms with Crippen molar-refractivity contribution in [3.05, 3.63) is 53.5 Å². The van der Waals surface area contributed by atoms with E-state index in [1.54, 1.807) is 13.2 Å². The predicted octanol–water partition coefficient (Wildman–Crippen LogP) is 2.29. The Morgan fingerprint density at radius 3 is 2.65 bits per heavy atom. The van der Waals surface area contributed by atoms with Gasteiger partial charge in [0, 0.05) is 0 Å². The van der Waals surface area contributed by atoms with Crippen LogP contribution in [0.15, 0.2) is 45.9 Å². The highest BCUT2D eigenvalue weighted by atomic mass is 16.5. The number of hydrogen-bond donors (Lipinski definition) is 1. The first-order valence-electron chi connectivity index (χ1n) is 6.18. The second-order valence-electron chi connectivity index (χ2n) is 4.27. The molecule has 0 saturated heterocycles. The van der Waals surface area contributed by atoms with E-state index >= 15 is 0 Å². The number of nitrogens with zero attached hydrogens (tertiary/aromatic N) is 1. The van der Waals surface area contributed by atoms with Crippen molar-refractivity contribution in [3.8, 4) is 5.75 Å². The number of hydrazone groups is 1. The molecule has 0 unspecified atom stereocenters. The van der Waals surface area contributed by atoms with Gasteiger partial charge in [0.25, 0.3) is 0 Å². The van der Waals surface area contributed by atoms with Gasteiger partial charge in [-0.2, -0.15) is 5.10 Å². The molecule has 0 fully saturated rings. The fraction of sp³-hybridized carbons (Fsp3) is 0.200. The van der Waals surface area contributed by atoms with E-state index < -0.39 is 0 Å². The molecule has 1 N–H and O–H groups in total. The van der Waals surface area contributed by atoms with Crippen LogP contribution in [0.3, 0.4) is 0 Å². The number of benzene rings is 1. The second-order valence-corrected chi connectivity index (χ2v) is 4.27. The molecular weight excluding hydrogens is 256 g/mol. The topological polar surface area (TPSA) is 63.8 Å². The zero-order valence-corrected chi connectivity index (χ0v) is 11.4. The lowest BCUT2D eigenvalue weighted by atomic mass is 10.1. The molecule has 1 aromatic carbocycles. The van der Waals surface area contributed by atoms with Gasteiger partial charge in [0.15, 0.2) is 0 Å². The highest BCUT2D eigenvalue weighted by Crippen LogP contribution is 2.11. The van der Waals surface area contributed by atoms with Gasteiger partial charge in [-0.3, -0.25) is 4.79 Å². The summed E-state index contributed by atoms with van der Waals surface area (Å²) in [4.78, 5) is 11.7. The van der Waals surface area contributed by atoms with E-state index in [4.69, 9.17) is 9.15 Å². The van der Waals surface area contributed by atoms with E-state index in [-0.39, 0.29) is 12.3 Å². The van der Waals surface area contributed by atoms with Crippen molar-refractivity contribution >= 4 is 12.1 Å². The van der Waals surface area contributed by atoms with Gasteiger partial charge >= 0.3 is 0 Å². The Morgan fingerprint density at radius 2 is 2.05 bits per heavy atom. The molecule has 0 atom stereocenters. The van der Waals surface area contributed by atoms with E-state index in [9.17, 15) is 4.79 Å². The fourth-order valence-corrected chi connectivity index (χ4v) is 1.66. The monoisotopic (exact) mass is 272 g/mol. The maximum atomic E-state index is 11.7. The number of carbonyl (C=O) groups is 1. The molecule has 0 bridgehead atoms. The van der Waals surface area contributed by atoms with E-state index in [2.05, 4.69) is 10.5 Å². The van der Waals surface area contributed by atoms with Gasteiger partial charge in [-0.25, -0.2) is 5.43 Å². The molecule has 0 spiro atoms. The molecule has 20 heavy (non-hydrogen) atoms. The van der Waals surface area contributed by atoms with Crippen molar-refractivity contribution in [2.75, 3.05) is 7.11 Å². The Hall–Kier alpha value is -2.56. The first-order valence-corrected chi connectivity index (χ1v) is 6.18. The van der Waals surface area contributed by atoms with Crippen molar-refractivity contribution in [1.82, 2.24) is 5.43 Å². The largest absolute Gasteiger partial charge is 0.497 e. The van der Waals surface area contributed by atoms with E-state index in [0.29, 0.717) is 5.76 Å². The van der Waals surface area contributed by atoms with E-state index in [0.717, 1.165) is 17.1 Å². The molecule has 0 saturated carbocycles. The molecule has 2 rings (SSSR count). The highest BCUT2D eigenvalue weighted by Gasteiger charge is 2.02. The molecule has 0 aliphatic heterocycles. The zero-order chi connectivity index (χ0) is 14.4. The number of nitrogens with one attached hydrogen (secondary N) is 1. The number of amides is 1. The van der Waals surface area contributed by atoms with Gasteiger partial charge in [-0.05, 0) is 36.8 Å². The van der Waals surface area contributed by atoms with Gasteiger partial charge in [0.2, 0.25) is 5.91 Å². The Kier molecular flexibility index (Phi) is 4.55. The summed E-state index contributed by atoms with van der Waals surface area (Å²) in [5.74, 6) is 1.98. The van der Waals surface area contributed by atoms with E-state index in [1.807, 2.05) is 37.3 Å². The Bertz CT molecular complexity index is 600. The molecule has 1 amide bonds. The summed E-state index contributed by atoms with van der Waals surface area (Å²) in [7, 11) is 1.60. The lowest BCUT2D eigenvalue weighted by molar-refractivity contribution is -0.120. The van der Waals surface area contributed by atoms with Gasteiger partial charge < -0.3 is 9.15 Å². The summed E-state index contributed by atoms with van der Waals surface area (Å²) < 4.78 is 10.4. The van der Waals surface area contributed by atoms with Crippen LogP contribution in [-0.4, -0.2) is 19.2 Å². The average molecular weight is 272 g/mol. The number of aryl methyl sites for hydroxylation is 1. The van der Waals surface area contributed by atoms with Crippen molar-refractivity contribution in [1.29, 1.82) is 0 Å². The maximum Gasteiger partial charge on any atom is 0.244 e. The Balaban J connectivity index is 1.84. The summed E-state index contributed by atoms with van der Waals surface area (Å²) in [6.45, 7) is 1.85. The average Bonchev–Trinajstić information content (AvgIpc) is 2.85. The molecule has 0 radical (unpaired) electrons. The number of ether oxygens (including phenoxy) is 1. The molecule has 0 aliphatic carbocycles. The van der Waals surface area contributed by atoms with Crippen LogP contribution in [0.2, 0.25) is 0 Å². The molecule has 5 nitrogen and oxygen atoms in total. The summed E-state index contributed by atoms with van der Waals surface area (Å²) in [5, 5.41) is 3.84. The molecule has 5 heteroatoms. The number of rotatable bonds is 5. The van der Waals surface area contributed by atoms with Crippen molar-refractivity contribution < 1.29 is 13.9 Å². The minimum atomic E-state index is -0.185. The van der Waals surface area contributed by atoms with Crippen molar-refractivity contribution in [3.63, 3.8) is 0 Å². The van der Waals surface area contributed by atoms with Crippen LogP contribution < -0.4 is 10.2 Å². The van der Waals surface area contributed by atoms with Gasteiger partial charge in [0.1, 0.15) is 17.3 Å². The summed E-state index contributed by atoms with van der Waals surface area (Å²) in [6, 6.07) is 10.9. The minimum Gasteiger partial charge on any atom is -0.497 e.